The summed E-state index contributed by atoms with van der Waals surface area (Å²) < 4.78 is 5.94. The summed E-state index contributed by atoms with van der Waals surface area (Å²) in [5, 5.41) is 3.66. The van der Waals surface area contributed by atoms with Crippen LogP contribution in [0.4, 0.5) is 0 Å². The van der Waals surface area contributed by atoms with Gasteiger partial charge in [0.15, 0.2) is 0 Å². The van der Waals surface area contributed by atoms with Gasteiger partial charge in [0.05, 0.1) is 6.10 Å². The van der Waals surface area contributed by atoms with Crippen LogP contribution in [0.25, 0.3) is 0 Å². The molecule has 0 amide bonds. The summed E-state index contributed by atoms with van der Waals surface area (Å²) in [5.74, 6) is 0. The molecule has 2 heterocycles. The second-order valence-corrected chi connectivity index (χ2v) is 6.11. The van der Waals surface area contributed by atoms with Gasteiger partial charge in [-0.15, -0.1) is 0 Å². The average molecular weight is 254 g/mol. The van der Waals surface area contributed by atoms with Crippen LogP contribution < -0.4 is 5.32 Å². The normalized spacial score (nSPS) is 33.5. The summed E-state index contributed by atoms with van der Waals surface area (Å²) in [6, 6.07) is 0.611. The summed E-state index contributed by atoms with van der Waals surface area (Å²) >= 11 is 0. The zero-order valence-corrected chi connectivity index (χ0v) is 12.4. The molecule has 2 unspecified atom stereocenters. The van der Waals surface area contributed by atoms with Crippen molar-refractivity contribution >= 4 is 0 Å². The van der Waals surface area contributed by atoms with E-state index in [9.17, 15) is 0 Å². The van der Waals surface area contributed by atoms with Crippen molar-refractivity contribution < 1.29 is 4.74 Å². The summed E-state index contributed by atoms with van der Waals surface area (Å²) in [4.78, 5) is 2.71. The van der Waals surface area contributed by atoms with E-state index in [0.717, 1.165) is 19.7 Å². The van der Waals surface area contributed by atoms with E-state index in [-0.39, 0.29) is 0 Å². The molecule has 0 saturated carbocycles. The molecule has 2 aliphatic heterocycles. The van der Waals surface area contributed by atoms with E-state index in [1.165, 1.54) is 38.6 Å². The van der Waals surface area contributed by atoms with Gasteiger partial charge in [-0.25, -0.2) is 0 Å². The second-order valence-electron chi connectivity index (χ2n) is 6.11. The summed E-state index contributed by atoms with van der Waals surface area (Å²) in [7, 11) is 0. The van der Waals surface area contributed by atoms with Crippen LogP contribution in [-0.2, 0) is 4.74 Å². The van der Waals surface area contributed by atoms with Crippen LogP contribution in [0.15, 0.2) is 0 Å². The Balaban J connectivity index is 2.00. The highest BCUT2D eigenvalue weighted by molar-refractivity contribution is 4.97. The molecule has 3 nitrogen and oxygen atoms in total. The Labute approximate surface area is 112 Å². The van der Waals surface area contributed by atoms with Crippen molar-refractivity contribution in [3.8, 4) is 0 Å². The number of rotatable bonds is 4. The lowest BCUT2D eigenvalue weighted by atomic mass is 9.86. The Morgan fingerprint density at radius 1 is 1.28 bits per heavy atom. The molecule has 106 valence electrons. The molecule has 1 N–H and O–H groups in total. The molecule has 0 aliphatic carbocycles. The topological polar surface area (TPSA) is 24.5 Å². The van der Waals surface area contributed by atoms with Crippen molar-refractivity contribution in [1.82, 2.24) is 10.2 Å². The van der Waals surface area contributed by atoms with Crippen molar-refractivity contribution in [2.75, 3.05) is 26.2 Å². The van der Waals surface area contributed by atoms with Gasteiger partial charge in [-0.3, -0.25) is 4.90 Å². The third-order valence-corrected chi connectivity index (χ3v) is 4.96. The molecule has 0 aromatic rings. The van der Waals surface area contributed by atoms with E-state index in [0.29, 0.717) is 17.7 Å². The molecular weight excluding hydrogens is 224 g/mol. The monoisotopic (exact) mass is 254 g/mol. The average Bonchev–Trinajstić information content (AvgIpc) is 2.41. The summed E-state index contributed by atoms with van der Waals surface area (Å²) in [6.45, 7) is 11.4. The van der Waals surface area contributed by atoms with Gasteiger partial charge in [0, 0.05) is 37.8 Å². The first kappa shape index (κ1) is 14.3. The molecule has 18 heavy (non-hydrogen) atoms. The zero-order valence-electron chi connectivity index (χ0n) is 12.4. The van der Waals surface area contributed by atoms with Crippen molar-refractivity contribution in [2.45, 2.75) is 70.6 Å². The SMILES string of the molecule is CCC1(CC)CNC(C)CN1CC1CCCCO1. The first-order valence-corrected chi connectivity index (χ1v) is 7.80. The minimum Gasteiger partial charge on any atom is -0.377 e. The first-order valence-electron chi connectivity index (χ1n) is 7.80. The maximum absolute atomic E-state index is 5.94. The lowest BCUT2D eigenvalue weighted by Crippen LogP contribution is -2.64. The van der Waals surface area contributed by atoms with Crippen LogP contribution >= 0.6 is 0 Å². The van der Waals surface area contributed by atoms with Crippen LogP contribution in [0.2, 0.25) is 0 Å². The molecule has 2 saturated heterocycles. The van der Waals surface area contributed by atoms with E-state index < -0.39 is 0 Å². The van der Waals surface area contributed by atoms with Gasteiger partial charge in [0.2, 0.25) is 0 Å². The van der Waals surface area contributed by atoms with E-state index in [4.69, 9.17) is 4.74 Å². The predicted molar refractivity (Wildman–Crippen MR) is 75.9 cm³/mol. The van der Waals surface area contributed by atoms with Crippen LogP contribution in [0.5, 0.6) is 0 Å². The Hall–Kier alpha value is -0.120. The van der Waals surface area contributed by atoms with Gasteiger partial charge in [-0.05, 0) is 39.0 Å². The van der Waals surface area contributed by atoms with E-state index >= 15 is 0 Å². The highest BCUT2D eigenvalue weighted by atomic mass is 16.5. The van der Waals surface area contributed by atoms with Gasteiger partial charge in [0.1, 0.15) is 0 Å². The number of hydrogen-bond donors (Lipinski definition) is 1. The predicted octanol–water partition coefficient (Wildman–Crippen LogP) is 2.41. The van der Waals surface area contributed by atoms with E-state index in [1.54, 1.807) is 0 Å². The molecular formula is C15H30N2O. The van der Waals surface area contributed by atoms with Crippen molar-refractivity contribution in [2.24, 2.45) is 0 Å². The largest absolute Gasteiger partial charge is 0.377 e. The molecule has 0 bridgehead atoms. The molecule has 2 rings (SSSR count). The standard InChI is InChI=1S/C15H30N2O/c1-4-15(5-2)12-16-13(3)10-17(15)11-14-8-6-7-9-18-14/h13-14,16H,4-12H2,1-3H3. The van der Waals surface area contributed by atoms with Crippen LogP contribution in [-0.4, -0.2) is 48.8 Å². The fourth-order valence-electron chi connectivity index (χ4n) is 3.48. The van der Waals surface area contributed by atoms with Crippen LogP contribution in [0.1, 0.15) is 52.9 Å². The Bertz CT molecular complexity index is 247. The summed E-state index contributed by atoms with van der Waals surface area (Å²) in [5.41, 5.74) is 0.354. The summed E-state index contributed by atoms with van der Waals surface area (Å²) in [6.07, 6.45) is 6.79. The van der Waals surface area contributed by atoms with Crippen LogP contribution in [0.3, 0.4) is 0 Å². The van der Waals surface area contributed by atoms with Crippen molar-refractivity contribution in [3.05, 3.63) is 0 Å². The van der Waals surface area contributed by atoms with Gasteiger partial charge < -0.3 is 10.1 Å². The highest BCUT2D eigenvalue weighted by Gasteiger charge is 2.38. The third-order valence-electron chi connectivity index (χ3n) is 4.96. The highest BCUT2D eigenvalue weighted by Crippen LogP contribution is 2.28. The van der Waals surface area contributed by atoms with Crippen molar-refractivity contribution in [1.29, 1.82) is 0 Å². The quantitative estimate of drug-likeness (QED) is 0.834. The number of nitrogens with zero attached hydrogens (tertiary/aromatic N) is 1. The molecule has 2 atom stereocenters. The Kier molecular flexibility index (Phi) is 5.05. The molecule has 2 aliphatic rings. The van der Waals surface area contributed by atoms with E-state index in [1.807, 2.05) is 0 Å². The lowest BCUT2D eigenvalue weighted by Gasteiger charge is -2.50. The van der Waals surface area contributed by atoms with E-state index in [2.05, 4.69) is 31.0 Å². The zero-order chi connectivity index (χ0) is 13.0. The molecule has 3 heteroatoms. The number of hydrogen-bond acceptors (Lipinski definition) is 3. The van der Waals surface area contributed by atoms with Crippen LogP contribution in [0, 0.1) is 0 Å². The number of nitrogens with one attached hydrogen (secondary N) is 1. The number of ether oxygens (including phenoxy) is 1. The lowest BCUT2D eigenvalue weighted by molar-refractivity contribution is -0.0476. The maximum Gasteiger partial charge on any atom is 0.0702 e. The van der Waals surface area contributed by atoms with Crippen molar-refractivity contribution in [3.63, 3.8) is 0 Å². The van der Waals surface area contributed by atoms with Gasteiger partial charge in [-0.2, -0.15) is 0 Å². The third kappa shape index (κ3) is 3.06. The van der Waals surface area contributed by atoms with Gasteiger partial charge in [0.25, 0.3) is 0 Å². The molecule has 0 spiro atoms. The fourth-order valence-corrected chi connectivity index (χ4v) is 3.48. The minimum atomic E-state index is 0.354. The van der Waals surface area contributed by atoms with Gasteiger partial charge in [-0.1, -0.05) is 13.8 Å². The molecule has 2 fully saturated rings. The molecule has 0 aromatic carbocycles. The van der Waals surface area contributed by atoms with Gasteiger partial charge >= 0.3 is 0 Å². The maximum atomic E-state index is 5.94. The molecule has 0 aromatic heterocycles. The number of piperazine rings is 1. The first-order chi connectivity index (χ1) is 8.70. The Morgan fingerprint density at radius 2 is 2.06 bits per heavy atom. The minimum absolute atomic E-state index is 0.354. The second kappa shape index (κ2) is 6.36. The Morgan fingerprint density at radius 3 is 2.67 bits per heavy atom. The molecule has 0 radical (unpaired) electrons. The fraction of sp³-hybridized carbons (Fsp3) is 1.00. The smallest absolute Gasteiger partial charge is 0.0702 e.